The number of rotatable bonds is 3. The molecular formula is C8H11N3O2. The summed E-state index contributed by atoms with van der Waals surface area (Å²) in [5, 5.41) is 12.7. The number of hydrogen-bond donors (Lipinski definition) is 2. The van der Waals surface area contributed by atoms with Crippen LogP contribution in [0, 0.1) is 0 Å². The first-order valence-electron chi connectivity index (χ1n) is 4.22. The van der Waals surface area contributed by atoms with Crippen molar-refractivity contribution in [3.05, 3.63) is 11.8 Å². The molecule has 0 aliphatic heterocycles. The third-order valence-corrected chi connectivity index (χ3v) is 2.11. The van der Waals surface area contributed by atoms with E-state index in [9.17, 15) is 4.79 Å². The zero-order valence-electron chi connectivity index (χ0n) is 7.10. The lowest BCUT2D eigenvalue weighted by Crippen LogP contribution is -2.12. The van der Waals surface area contributed by atoms with Crippen molar-refractivity contribution >= 4 is 11.8 Å². The summed E-state index contributed by atoms with van der Waals surface area (Å²) in [7, 11) is 0. The summed E-state index contributed by atoms with van der Waals surface area (Å²) in [5.41, 5.74) is 6.52. The number of nitrogens with two attached hydrogens (primary N) is 1. The number of hydrogen-bond acceptors (Lipinski definition) is 3. The van der Waals surface area contributed by atoms with Crippen molar-refractivity contribution in [2.75, 3.05) is 5.73 Å². The van der Waals surface area contributed by atoms with Gasteiger partial charge in [0.1, 0.15) is 12.4 Å². The summed E-state index contributed by atoms with van der Waals surface area (Å²) < 4.78 is 1.33. The Kier molecular flexibility index (Phi) is 1.72. The van der Waals surface area contributed by atoms with Gasteiger partial charge in [0.25, 0.3) is 0 Å². The minimum Gasteiger partial charge on any atom is -0.480 e. The van der Waals surface area contributed by atoms with Crippen LogP contribution in [-0.4, -0.2) is 20.9 Å². The summed E-state index contributed by atoms with van der Waals surface area (Å²) >= 11 is 0. The van der Waals surface area contributed by atoms with Crippen LogP contribution in [0.2, 0.25) is 0 Å². The Bertz CT molecular complexity index is 341. The van der Waals surface area contributed by atoms with E-state index in [0.29, 0.717) is 11.7 Å². The number of aliphatic carboxylic acids is 1. The highest BCUT2D eigenvalue weighted by Gasteiger charge is 2.27. The van der Waals surface area contributed by atoms with Crippen LogP contribution in [0.4, 0.5) is 5.82 Å². The van der Waals surface area contributed by atoms with Crippen molar-refractivity contribution in [3.8, 4) is 0 Å². The van der Waals surface area contributed by atoms with Gasteiger partial charge in [0.15, 0.2) is 0 Å². The summed E-state index contributed by atoms with van der Waals surface area (Å²) in [4.78, 5) is 10.4. The van der Waals surface area contributed by atoms with Crippen molar-refractivity contribution in [2.24, 2.45) is 0 Å². The lowest BCUT2D eigenvalue weighted by atomic mass is 10.3. The minimum absolute atomic E-state index is 0.154. The molecule has 1 fully saturated rings. The summed E-state index contributed by atoms with van der Waals surface area (Å²) in [6.45, 7) is -0.154. The molecule has 0 unspecified atom stereocenters. The minimum atomic E-state index is -0.919. The van der Waals surface area contributed by atoms with Gasteiger partial charge < -0.3 is 10.8 Å². The number of nitrogens with zero attached hydrogens (tertiary/aromatic N) is 2. The van der Waals surface area contributed by atoms with Gasteiger partial charge in [-0.1, -0.05) is 0 Å². The normalized spacial score (nSPS) is 16.0. The second-order valence-corrected chi connectivity index (χ2v) is 3.32. The Balaban J connectivity index is 2.19. The van der Waals surface area contributed by atoms with Gasteiger partial charge in [0, 0.05) is 12.0 Å². The van der Waals surface area contributed by atoms with E-state index in [0.717, 1.165) is 18.5 Å². The first-order valence-corrected chi connectivity index (χ1v) is 4.22. The fourth-order valence-electron chi connectivity index (χ4n) is 1.29. The molecule has 3 N–H and O–H groups in total. The average Bonchev–Trinajstić information content (AvgIpc) is 2.79. The highest BCUT2D eigenvalue weighted by atomic mass is 16.4. The van der Waals surface area contributed by atoms with E-state index < -0.39 is 5.97 Å². The zero-order chi connectivity index (χ0) is 9.42. The lowest BCUT2D eigenvalue weighted by Gasteiger charge is -1.97. The van der Waals surface area contributed by atoms with Crippen LogP contribution in [0.3, 0.4) is 0 Å². The fourth-order valence-corrected chi connectivity index (χ4v) is 1.29. The monoisotopic (exact) mass is 181 g/mol. The fraction of sp³-hybridized carbons (Fsp3) is 0.500. The maximum atomic E-state index is 10.4. The molecule has 0 saturated heterocycles. The molecule has 0 bridgehead atoms. The molecule has 1 aliphatic rings. The number of nitrogen functional groups attached to an aromatic ring is 1. The lowest BCUT2D eigenvalue weighted by molar-refractivity contribution is -0.137. The molecule has 0 radical (unpaired) electrons. The summed E-state index contributed by atoms with van der Waals surface area (Å²) in [5.74, 6) is 0.0267. The number of carboxylic acid groups (broad SMARTS) is 1. The van der Waals surface area contributed by atoms with Gasteiger partial charge >= 0.3 is 5.97 Å². The van der Waals surface area contributed by atoms with E-state index in [-0.39, 0.29) is 6.54 Å². The van der Waals surface area contributed by atoms with Gasteiger partial charge in [0.2, 0.25) is 0 Å². The largest absolute Gasteiger partial charge is 0.480 e. The van der Waals surface area contributed by atoms with E-state index in [4.69, 9.17) is 10.8 Å². The first-order chi connectivity index (χ1) is 6.16. The molecule has 1 aromatic rings. The van der Waals surface area contributed by atoms with E-state index in [2.05, 4.69) is 5.10 Å². The van der Waals surface area contributed by atoms with Crippen LogP contribution < -0.4 is 5.73 Å². The van der Waals surface area contributed by atoms with Crippen LogP contribution in [0.5, 0.6) is 0 Å². The SMILES string of the molecule is Nc1cc(C2CC2)nn1CC(=O)O. The van der Waals surface area contributed by atoms with Crippen LogP contribution in [0.15, 0.2) is 6.07 Å². The molecule has 0 atom stereocenters. The van der Waals surface area contributed by atoms with Crippen LogP contribution in [0.25, 0.3) is 0 Å². The first kappa shape index (κ1) is 8.10. The van der Waals surface area contributed by atoms with Gasteiger partial charge in [-0.3, -0.25) is 4.79 Å². The Labute approximate surface area is 75.2 Å². The third-order valence-electron chi connectivity index (χ3n) is 2.11. The molecule has 0 spiro atoms. The number of anilines is 1. The molecule has 5 nitrogen and oxygen atoms in total. The molecule has 1 aromatic heterocycles. The Hall–Kier alpha value is -1.52. The van der Waals surface area contributed by atoms with Crippen molar-refractivity contribution in [3.63, 3.8) is 0 Å². The molecule has 1 saturated carbocycles. The number of aromatic nitrogens is 2. The van der Waals surface area contributed by atoms with Crippen molar-refractivity contribution < 1.29 is 9.90 Å². The second kappa shape index (κ2) is 2.76. The smallest absolute Gasteiger partial charge is 0.325 e. The van der Waals surface area contributed by atoms with Crippen molar-refractivity contribution in [1.82, 2.24) is 9.78 Å². The molecule has 13 heavy (non-hydrogen) atoms. The third kappa shape index (κ3) is 1.63. The molecule has 2 rings (SSSR count). The summed E-state index contributed by atoms with van der Waals surface area (Å²) in [6, 6.07) is 1.76. The van der Waals surface area contributed by atoms with Crippen LogP contribution in [0.1, 0.15) is 24.5 Å². The molecule has 1 aliphatic carbocycles. The Morgan fingerprint density at radius 1 is 1.77 bits per heavy atom. The van der Waals surface area contributed by atoms with Crippen molar-refractivity contribution in [1.29, 1.82) is 0 Å². The molecule has 0 amide bonds. The van der Waals surface area contributed by atoms with E-state index in [1.54, 1.807) is 6.07 Å². The predicted molar refractivity (Wildman–Crippen MR) is 46.3 cm³/mol. The molecular weight excluding hydrogens is 170 g/mol. The van der Waals surface area contributed by atoms with E-state index in [1.807, 2.05) is 0 Å². The second-order valence-electron chi connectivity index (χ2n) is 3.32. The Morgan fingerprint density at radius 2 is 2.46 bits per heavy atom. The number of carboxylic acids is 1. The van der Waals surface area contributed by atoms with E-state index >= 15 is 0 Å². The quantitative estimate of drug-likeness (QED) is 0.708. The maximum Gasteiger partial charge on any atom is 0.325 e. The van der Waals surface area contributed by atoms with Gasteiger partial charge in [-0.25, -0.2) is 4.68 Å². The molecule has 1 heterocycles. The predicted octanol–water partition coefficient (Wildman–Crippen LogP) is 0.427. The average molecular weight is 181 g/mol. The van der Waals surface area contributed by atoms with Crippen molar-refractivity contribution in [2.45, 2.75) is 25.3 Å². The maximum absolute atomic E-state index is 10.4. The highest BCUT2D eigenvalue weighted by molar-refractivity contribution is 5.67. The topological polar surface area (TPSA) is 81.1 Å². The van der Waals surface area contributed by atoms with E-state index in [1.165, 1.54) is 4.68 Å². The zero-order valence-corrected chi connectivity index (χ0v) is 7.10. The Morgan fingerprint density at radius 3 is 3.00 bits per heavy atom. The summed E-state index contributed by atoms with van der Waals surface area (Å²) in [6.07, 6.45) is 2.28. The number of carbonyl (C=O) groups is 1. The molecule has 70 valence electrons. The molecule has 0 aromatic carbocycles. The van der Waals surface area contributed by atoms with Crippen LogP contribution in [-0.2, 0) is 11.3 Å². The molecule has 5 heteroatoms. The van der Waals surface area contributed by atoms with Crippen LogP contribution >= 0.6 is 0 Å². The van der Waals surface area contributed by atoms with Gasteiger partial charge in [0.05, 0.1) is 5.69 Å². The standard InChI is InChI=1S/C8H11N3O2/c9-7-3-6(5-1-2-5)10-11(7)4-8(12)13/h3,5H,1-2,4,9H2,(H,12,13). The highest BCUT2D eigenvalue weighted by Crippen LogP contribution is 2.39. The van der Waals surface area contributed by atoms with Gasteiger partial charge in [-0.2, -0.15) is 5.10 Å². The van der Waals surface area contributed by atoms with Gasteiger partial charge in [-0.15, -0.1) is 0 Å². The van der Waals surface area contributed by atoms with Gasteiger partial charge in [-0.05, 0) is 12.8 Å².